The lowest BCUT2D eigenvalue weighted by Gasteiger charge is -2.26. The lowest BCUT2D eigenvalue weighted by molar-refractivity contribution is 0.410. The Morgan fingerprint density at radius 2 is 1.86 bits per heavy atom. The zero-order valence-corrected chi connectivity index (χ0v) is 21.7. The number of fused-ring (bicyclic) bond motifs is 1. The molecule has 1 heterocycles. The number of nitrogens with zero attached hydrogens (tertiary/aromatic N) is 2. The predicted molar refractivity (Wildman–Crippen MR) is 149 cm³/mol. The first kappa shape index (κ1) is 24.8. The van der Waals surface area contributed by atoms with Crippen LogP contribution in [0.15, 0.2) is 65.7 Å². The number of anilines is 2. The fourth-order valence-corrected chi connectivity index (χ4v) is 5.54. The van der Waals surface area contributed by atoms with E-state index in [-0.39, 0.29) is 5.82 Å². The molecule has 1 fully saturated rings. The maximum atomic E-state index is 15.0. The molecular formula is C28H29ClFN5S. The summed E-state index contributed by atoms with van der Waals surface area (Å²) in [7, 11) is 0. The summed E-state index contributed by atoms with van der Waals surface area (Å²) in [5.74, 6) is 0.330. The van der Waals surface area contributed by atoms with Crippen LogP contribution in [0.25, 0.3) is 22.0 Å². The number of halogens is 2. The van der Waals surface area contributed by atoms with Crippen LogP contribution in [0.5, 0.6) is 0 Å². The standard InChI is InChI=1S/C28H29ClFN5S/c1-2-17-13-19(14-20-16-32-28(34-27(17)20)33-22-10-8-21(31)9-11-22)18-7-12-25(24(30)15-18)35-36-26-6-4-3-5-23(26)29/h3-7,12-16,21-22,35H,2,8-11,31H2,1H3,(H,32,33,34). The van der Waals surface area contributed by atoms with Gasteiger partial charge >= 0.3 is 0 Å². The molecule has 0 spiro atoms. The van der Waals surface area contributed by atoms with E-state index in [1.54, 1.807) is 12.1 Å². The molecule has 1 saturated carbocycles. The van der Waals surface area contributed by atoms with Crippen LogP contribution in [0.1, 0.15) is 38.2 Å². The van der Waals surface area contributed by atoms with Crippen molar-refractivity contribution in [3.8, 4) is 11.1 Å². The van der Waals surface area contributed by atoms with Gasteiger partial charge in [0.2, 0.25) is 5.95 Å². The van der Waals surface area contributed by atoms with Gasteiger partial charge in [0.15, 0.2) is 0 Å². The third kappa shape index (κ3) is 5.59. The summed E-state index contributed by atoms with van der Waals surface area (Å²) in [6.45, 7) is 2.11. The predicted octanol–water partition coefficient (Wildman–Crippen LogP) is 7.45. The summed E-state index contributed by atoms with van der Waals surface area (Å²) in [4.78, 5) is 10.2. The van der Waals surface area contributed by atoms with Gasteiger partial charge in [-0.2, -0.15) is 0 Å². The van der Waals surface area contributed by atoms with Crippen LogP contribution in [0.3, 0.4) is 0 Å². The smallest absolute Gasteiger partial charge is 0.223 e. The second-order valence-corrected chi connectivity index (χ2v) is 10.5. The highest BCUT2D eigenvalue weighted by Crippen LogP contribution is 2.33. The van der Waals surface area contributed by atoms with Crippen molar-refractivity contribution >= 4 is 46.1 Å². The van der Waals surface area contributed by atoms with Gasteiger partial charge in [-0.15, -0.1) is 0 Å². The maximum Gasteiger partial charge on any atom is 0.223 e. The molecule has 0 bridgehead atoms. The van der Waals surface area contributed by atoms with Gasteiger partial charge in [0, 0.05) is 28.6 Å². The highest BCUT2D eigenvalue weighted by molar-refractivity contribution is 8.00. The number of benzene rings is 3. The molecule has 0 atom stereocenters. The quantitative estimate of drug-likeness (QED) is 0.219. The van der Waals surface area contributed by atoms with Crippen molar-refractivity contribution in [2.75, 3.05) is 10.0 Å². The first-order valence-corrected chi connectivity index (χ1v) is 13.5. The Morgan fingerprint density at radius 1 is 1.06 bits per heavy atom. The van der Waals surface area contributed by atoms with E-state index >= 15 is 0 Å². The number of hydrogen-bond acceptors (Lipinski definition) is 6. The van der Waals surface area contributed by atoms with Crippen molar-refractivity contribution in [2.45, 2.75) is 56.0 Å². The molecule has 4 aromatic rings. The van der Waals surface area contributed by atoms with Crippen molar-refractivity contribution in [1.29, 1.82) is 0 Å². The highest BCUT2D eigenvalue weighted by atomic mass is 35.5. The van der Waals surface area contributed by atoms with E-state index in [0.29, 0.717) is 28.7 Å². The van der Waals surface area contributed by atoms with Gasteiger partial charge in [-0.25, -0.2) is 14.4 Å². The van der Waals surface area contributed by atoms with E-state index in [1.807, 2.05) is 42.6 Å². The van der Waals surface area contributed by atoms with Crippen LogP contribution in [-0.4, -0.2) is 22.1 Å². The SMILES string of the molecule is CCc1cc(-c2ccc(NSc3ccccc3Cl)c(F)c2)cc2cnc(NC3CCC(N)CC3)nc12. The minimum atomic E-state index is -0.326. The van der Waals surface area contributed by atoms with Crippen molar-refractivity contribution in [2.24, 2.45) is 5.73 Å². The third-order valence-electron chi connectivity index (χ3n) is 6.66. The van der Waals surface area contributed by atoms with Gasteiger partial charge in [0.1, 0.15) is 5.82 Å². The van der Waals surface area contributed by atoms with Gasteiger partial charge < -0.3 is 15.8 Å². The van der Waals surface area contributed by atoms with E-state index in [9.17, 15) is 4.39 Å². The number of nitrogens with two attached hydrogens (primary N) is 1. The van der Waals surface area contributed by atoms with E-state index in [4.69, 9.17) is 22.3 Å². The van der Waals surface area contributed by atoms with E-state index in [2.05, 4.69) is 28.0 Å². The number of rotatable bonds is 7. The molecule has 1 aliphatic rings. The Kier molecular flexibility index (Phi) is 7.60. The summed E-state index contributed by atoms with van der Waals surface area (Å²) in [5, 5.41) is 5.05. The molecule has 0 saturated heterocycles. The van der Waals surface area contributed by atoms with Crippen LogP contribution >= 0.6 is 23.5 Å². The van der Waals surface area contributed by atoms with Gasteiger partial charge in [0.05, 0.1) is 16.2 Å². The van der Waals surface area contributed by atoms with Crippen LogP contribution < -0.4 is 15.8 Å². The normalized spacial score (nSPS) is 17.8. The molecule has 1 aliphatic carbocycles. The Hall–Kier alpha value is -2.87. The fourth-order valence-electron chi connectivity index (χ4n) is 4.59. The molecule has 0 aliphatic heterocycles. The van der Waals surface area contributed by atoms with E-state index in [0.717, 1.165) is 64.6 Å². The van der Waals surface area contributed by atoms with Gasteiger partial charge in [0.25, 0.3) is 0 Å². The van der Waals surface area contributed by atoms with Crippen molar-refractivity contribution < 1.29 is 4.39 Å². The zero-order valence-electron chi connectivity index (χ0n) is 20.1. The number of aromatic nitrogens is 2. The molecule has 36 heavy (non-hydrogen) atoms. The van der Waals surface area contributed by atoms with Crippen molar-refractivity contribution in [1.82, 2.24) is 9.97 Å². The molecule has 1 aromatic heterocycles. The first-order valence-electron chi connectivity index (χ1n) is 12.3. The van der Waals surface area contributed by atoms with E-state index in [1.165, 1.54) is 11.9 Å². The Morgan fingerprint density at radius 3 is 2.61 bits per heavy atom. The van der Waals surface area contributed by atoms with Gasteiger partial charge in [-0.05, 0) is 97.1 Å². The molecule has 0 radical (unpaired) electrons. The van der Waals surface area contributed by atoms with Gasteiger partial charge in [-0.1, -0.05) is 36.7 Å². The van der Waals surface area contributed by atoms with Crippen LogP contribution in [-0.2, 0) is 6.42 Å². The maximum absolute atomic E-state index is 15.0. The van der Waals surface area contributed by atoms with E-state index < -0.39 is 0 Å². The Labute approximate surface area is 220 Å². The van der Waals surface area contributed by atoms with Crippen molar-refractivity contribution in [3.63, 3.8) is 0 Å². The van der Waals surface area contributed by atoms with Crippen LogP contribution in [0, 0.1) is 5.82 Å². The molecule has 8 heteroatoms. The third-order valence-corrected chi connectivity index (χ3v) is 8.00. The monoisotopic (exact) mass is 521 g/mol. The molecule has 186 valence electrons. The first-order chi connectivity index (χ1) is 17.5. The molecule has 3 aromatic carbocycles. The highest BCUT2D eigenvalue weighted by Gasteiger charge is 2.19. The number of aryl methyl sites for hydroxylation is 1. The largest absolute Gasteiger partial charge is 0.351 e. The van der Waals surface area contributed by atoms with Gasteiger partial charge in [-0.3, -0.25) is 0 Å². The minimum Gasteiger partial charge on any atom is -0.351 e. The summed E-state index contributed by atoms with van der Waals surface area (Å²) >= 11 is 7.49. The number of hydrogen-bond donors (Lipinski definition) is 3. The van der Waals surface area contributed by atoms with Crippen LogP contribution in [0.4, 0.5) is 16.0 Å². The zero-order chi connectivity index (χ0) is 25.1. The molecule has 5 rings (SSSR count). The summed E-state index contributed by atoms with van der Waals surface area (Å²) in [6, 6.07) is 17.5. The summed E-state index contributed by atoms with van der Waals surface area (Å²) in [5.41, 5.74) is 10.2. The summed E-state index contributed by atoms with van der Waals surface area (Å²) < 4.78 is 18.1. The molecule has 0 amide bonds. The topological polar surface area (TPSA) is 75.9 Å². The average Bonchev–Trinajstić information content (AvgIpc) is 2.89. The molecule has 4 N–H and O–H groups in total. The Balaban J connectivity index is 1.36. The molecule has 5 nitrogen and oxygen atoms in total. The lowest BCUT2D eigenvalue weighted by Crippen LogP contribution is -2.33. The van der Waals surface area contributed by atoms with Crippen LogP contribution in [0.2, 0.25) is 5.02 Å². The summed E-state index contributed by atoms with van der Waals surface area (Å²) in [6.07, 6.45) is 6.80. The number of nitrogens with one attached hydrogen (secondary N) is 2. The Bertz CT molecular complexity index is 1370. The molecular weight excluding hydrogens is 493 g/mol. The van der Waals surface area contributed by atoms with Crippen molar-refractivity contribution in [3.05, 3.63) is 77.2 Å². The average molecular weight is 522 g/mol. The molecule has 0 unspecified atom stereocenters. The second kappa shape index (κ2) is 11.0. The second-order valence-electron chi connectivity index (χ2n) is 9.21. The lowest BCUT2D eigenvalue weighted by atomic mass is 9.92. The fraction of sp³-hybridized carbons (Fsp3) is 0.286. The minimum absolute atomic E-state index is 0.307.